The summed E-state index contributed by atoms with van der Waals surface area (Å²) in [5.41, 5.74) is 1.29. The Morgan fingerprint density at radius 3 is 2.95 bits per heavy atom. The molecule has 22 heavy (non-hydrogen) atoms. The minimum Gasteiger partial charge on any atom is -0.480 e. The van der Waals surface area contributed by atoms with E-state index in [-0.39, 0.29) is 5.75 Å². The highest BCUT2D eigenvalue weighted by Gasteiger charge is 2.29. The lowest BCUT2D eigenvalue weighted by molar-refractivity contribution is -0.153. The minimum atomic E-state index is -4.35. The highest BCUT2D eigenvalue weighted by molar-refractivity contribution is 5.54. The highest BCUT2D eigenvalue weighted by Crippen LogP contribution is 2.23. The molecule has 1 unspecified atom stereocenters. The number of halogens is 3. The Balaban J connectivity index is 1.76. The molecule has 0 aliphatic carbocycles. The Hall–Kier alpha value is -1.76. The topological polar surface area (TPSA) is 38.6 Å². The van der Waals surface area contributed by atoms with Gasteiger partial charge >= 0.3 is 6.18 Å². The van der Waals surface area contributed by atoms with Crippen LogP contribution in [0.2, 0.25) is 0 Å². The third-order valence-corrected chi connectivity index (χ3v) is 3.76. The number of imidazole rings is 1. The number of nitrogens with one attached hydrogen (secondary N) is 1. The van der Waals surface area contributed by atoms with Crippen LogP contribution in [0.4, 0.5) is 13.2 Å². The van der Waals surface area contributed by atoms with Crippen molar-refractivity contribution in [2.24, 2.45) is 0 Å². The summed E-state index contributed by atoms with van der Waals surface area (Å²) in [6.45, 7) is -0.295. The van der Waals surface area contributed by atoms with Crippen LogP contribution in [0.1, 0.15) is 25.0 Å². The Morgan fingerprint density at radius 1 is 1.36 bits per heavy atom. The normalized spacial score (nSPS) is 19.5. The first-order valence-corrected chi connectivity index (χ1v) is 7.41. The molecule has 0 saturated carbocycles. The SMILES string of the molecule is FC(F)(F)COc1cccn2cc(CC3CCCCN3)nc12. The van der Waals surface area contributed by atoms with Crippen LogP contribution >= 0.6 is 0 Å². The monoisotopic (exact) mass is 313 g/mol. The number of rotatable bonds is 4. The lowest BCUT2D eigenvalue weighted by atomic mass is 10.0. The molecule has 1 fully saturated rings. The summed E-state index contributed by atoms with van der Waals surface area (Å²) in [5.74, 6) is 0.155. The molecular weight excluding hydrogens is 295 g/mol. The molecule has 0 spiro atoms. The fourth-order valence-corrected chi connectivity index (χ4v) is 2.76. The van der Waals surface area contributed by atoms with Crippen molar-refractivity contribution in [1.82, 2.24) is 14.7 Å². The number of hydrogen-bond acceptors (Lipinski definition) is 3. The fraction of sp³-hybridized carbons (Fsp3) is 0.533. The molecule has 0 bridgehead atoms. The highest BCUT2D eigenvalue weighted by atomic mass is 19.4. The van der Waals surface area contributed by atoms with Crippen molar-refractivity contribution in [2.75, 3.05) is 13.2 Å². The Labute approximate surface area is 126 Å². The van der Waals surface area contributed by atoms with Crippen LogP contribution in [0.5, 0.6) is 5.75 Å². The van der Waals surface area contributed by atoms with Crippen molar-refractivity contribution in [2.45, 2.75) is 37.9 Å². The number of ether oxygens (including phenoxy) is 1. The first-order chi connectivity index (χ1) is 10.5. The van der Waals surface area contributed by atoms with E-state index in [1.54, 1.807) is 16.7 Å². The van der Waals surface area contributed by atoms with E-state index in [1.165, 1.54) is 18.9 Å². The molecule has 3 rings (SSSR count). The number of piperidine rings is 1. The van der Waals surface area contributed by atoms with E-state index in [1.807, 2.05) is 6.20 Å². The van der Waals surface area contributed by atoms with Gasteiger partial charge in [0.15, 0.2) is 18.0 Å². The molecule has 1 atom stereocenters. The lowest BCUT2D eigenvalue weighted by Crippen LogP contribution is -2.35. The van der Waals surface area contributed by atoms with Gasteiger partial charge in [-0.05, 0) is 31.5 Å². The van der Waals surface area contributed by atoms with Gasteiger partial charge in [-0.1, -0.05) is 6.42 Å². The smallest absolute Gasteiger partial charge is 0.422 e. The number of nitrogens with zero attached hydrogens (tertiary/aromatic N) is 2. The van der Waals surface area contributed by atoms with Crippen molar-refractivity contribution in [3.05, 3.63) is 30.2 Å². The minimum absolute atomic E-state index is 0.155. The van der Waals surface area contributed by atoms with E-state index in [0.29, 0.717) is 11.7 Å². The summed E-state index contributed by atoms with van der Waals surface area (Å²) in [5, 5.41) is 3.44. The van der Waals surface area contributed by atoms with E-state index in [9.17, 15) is 13.2 Å². The molecule has 3 heterocycles. The Bertz CT molecular complexity index is 632. The first-order valence-electron chi connectivity index (χ1n) is 7.41. The summed E-state index contributed by atoms with van der Waals surface area (Å²) in [7, 11) is 0. The molecule has 0 amide bonds. The van der Waals surface area contributed by atoms with Gasteiger partial charge in [-0.2, -0.15) is 13.2 Å². The fourth-order valence-electron chi connectivity index (χ4n) is 2.76. The van der Waals surface area contributed by atoms with E-state index >= 15 is 0 Å². The molecule has 1 N–H and O–H groups in total. The zero-order valence-electron chi connectivity index (χ0n) is 12.1. The Kier molecular flexibility index (Phi) is 4.24. The van der Waals surface area contributed by atoms with Crippen LogP contribution in [-0.2, 0) is 6.42 Å². The maximum Gasteiger partial charge on any atom is 0.422 e. The van der Waals surface area contributed by atoms with Gasteiger partial charge in [-0.15, -0.1) is 0 Å². The van der Waals surface area contributed by atoms with Gasteiger partial charge in [0.1, 0.15) is 0 Å². The molecule has 7 heteroatoms. The van der Waals surface area contributed by atoms with Crippen LogP contribution in [0.25, 0.3) is 5.65 Å². The molecular formula is C15H18F3N3O. The van der Waals surface area contributed by atoms with Crippen molar-refractivity contribution in [3.8, 4) is 5.75 Å². The second-order valence-corrected chi connectivity index (χ2v) is 5.59. The summed E-state index contributed by atoms with van der Waals surface area (Å²) >= 11 is 0. The van der Waals surface area contributed by atoms with Gasteiger partial charge in [0.2, 0.25) is 0 Å². The third-order valence-electron chi connectivity index (χ3n) is 3.76. The average Bonchev–Trinajstić information content (AvgIpc) is 2.88. The van der Waals surface area contributed by atoms with Gasteiger partial charge in [0, 0.05) is 24.9 Å². The second-order valence-electron chi connectivity index (χ2n) is 5.59. The van der Waals surface area contributed by atoms with Crippen molar-refractivity contribution >= 4 is 5.65 Å². The van der Waals surface area contributed by atoms with Gasteiger partial charge in [-0.25, -0.2) is 4.98 Å². The zero-order chi connectivity index (χ0) is 15.6. The van der Waals surface area contributed by atoms with Crippen LogP contribution < -0.4 is 10.1 Å². The molecule has 0 aromatic carbocycles. The Morgan fingerprint density at radius 2 is 2.23 bits per heavy atom. The van der Waals surface area contributed by atoms with Crippen molar-refractivity contribution in [3.63, 3.8) is 0 Å². The molecule has 1 aliphatic rings. The van der Waals surface area contributed by atoms with Gasteiger partial charge in [-0.3, -0.25) is 0 Å². The van der Waals surface area contributed by atoms with Crippen LogP contribution in [0, 0.1) is 0 Å². The maximum atomic E-state index is 12.3. The first kappa shape index (κ1) is 15.1. The number of hydrogen-bond donors (Lipinski definition) is 1. The van der Waals surface area contributed by atoms with Crippen LogP contribution in [0.15, 0.2) is 24.5 Å². The van der Waals surface area contributed by atoms with Gasteiger partial charge in [0.05, 0.1) is 5.69 Å². The molecule has 120 valence electrons. The maximum absolute atomic E-state index is 12.3. The van der Waals surface area contributed by atoms with Crippen molar-refractivity contribution in [1.29, 1.82) is 0 Å². The van der Waals surface area contributed by atoms with E-state index in [0.717, 1.165) is 25.1 Å². The zero-order valence-corrected chi connectivity index (χ0v) is 12.1. The number of fused-ring (bicyclic) bond motifs is 1. The molecule has 1 saturated heterocycles. The van der Waals surface area contributed by atoms with Crippen LogP contribution in [-0.4, -0.2) is 34.8 Å². The number of aromatic nitrogens is 2. The predicted octanol–water partition coefficient (Wildman–Crippen LogP) is 2.96. The molecule has 0 radical (unpaired) electrons. The predicted molar refractivity (Wildman–Crippen MR) is 76.1 cm³/mol. The summed E-state index contributed by atoms with van der Waals surface area (Å²) < 4.78 is 43.5. The van der Waals surface area contributed by atoms with E-state index in [2.05, 4.69) is 10.3 Å². The average molecular weight is 313 g/mol. The van der Waals surface area contributed by atoms with Crippen molar-refractivity contribution < 1.29 is 17.9 Å². The number of alkyl halides is 3. The van der Waals surface area contributed by atoms with E-state index in [4.69, 9.17) is 4.74 Å². The largest absolute Gasteiger partial charge is 0.480 e. The number of pyridine rings is 1. The molecule has 4 nitrogen and oxygen atoms in total. The third kappa shape index (κ3) is 3.71. The molecule has 1 aliphatic heterocycles. The molecule has 2 aromatic rings. The quantitative estimate of drug-likeness (QED) is 0.943. The lowest BCUT2D eigenvalue weighted by Gasteiger charge is -2.22. The standard InChI is InChI=1S/C15H18F3N3O/c16-15(17,18)10-22-13-5-3-7-21-9-12(20-14(13)21)8-11-4-1-2-6-19-11/h3,5,7,9,11,19H,1-2,4,6,8,10H2. The van der Waals surface area contributed by atoms with Gasteiger partial charge < -0.3 is 14.5 Å². The summed E-state index contributed by atoms with van der Waals surface area (Å²) in [6.07, 6.45) is 3.54. The van der Waals surface area contributed by atoms with E-state index < -0.39 is 12.8 Å². The van der Waals surface area contributed by atoms with Gasteiger partial charge in [0.25, 0.3) is 0 Å². The van der Waals surface area contributed by atoms with Crippen LogP contribution in [0.3, 0.4) is 0 Å². The summed E-state index contributed by atoms with van der Waals surface area (Å²) in [6, 6.07) is 3.55. The second kappa shape index (κ2) is 6.16. The summed E-state index contributed by atoms with van der Waals surface area (Å²) in [4.78, 5) is 4.44. The molecule has 2 aromatic heterocycles.